The van der Waals surface area contributed by atoms with Gasteiger partial charge < -0.3 is 0 Å². The Kier molecular flexibility index (Phi) is 4.89. The Labute approximate surface area is 78.8 Å². The predicted molar refractivity (Wildman–Crippen MR) is 57.3 cm³/mol. The summed E-state index contributed by atoms with van der Waals surface area (Å²) in [6, 6.07) is 0. The Hall–Kier alpha value is 0. The van der Waals surface area contributed by atoms with Crippen molar-refractivity contribution >= 4 is 0 Å². The van der Waals surface area contributed by atoms with Crippen LogP contribution in [0.3, 0.4) is 0 Å². The van der Waals surface area contributed by atoms with Crippen molar-refractivity contribution in [1.29, 1.82) is 0 Å². The minimum Gasteiger partial charge on any atom is -0.0651 e. The fourth-order valence-corrected chi connectivity index (χ4v) is 1.17. The Morgan fingerprint density at radius 3 is 1.83 bits per heavy atom. The van der Waals surface area contributed by atoms with Gasteiger partial charge in [0.1, 0.15) is 0 Å². The highest BCUT2D eigenvalue weighted by atomic mass is 14.2. The summed E-state index contributed by atoms with van der Waals surface area (Å²) >= 11 is 0. The topological polar surface area (TPSA) is 0 Å². The minimum atomic E-state index is 0.494. The van der Waals surface area contributed by atoms with Crippen LogP contribution in [0.25, 0.3) is 0 Å². The van der Waals surface area contributed by atoms with Crippen molar-refractivity contribution in [3.8, 4) is 0 Å². The molecule has 0 fully saturated rings. The van der Waals surface area contributed by atoms with Crippen LogP contribution in [0.15, 0.2) is 0 Å². The standard InChI is InChI=1S/C12H26/c1-7-10(2)8-9-11(3)12(4,5)6/h10-11H,7-9H2,1-6H3. The highest BCUT2D eigenvalue weighted by molar-refractivity contribution is 4.70. The highest BCUT2D eigenvalue weighted by Gasteiger charge is 2.19. The fourth-order valence-electron chi connectivity index (χ4n) is 1.17. The van der Waals surface area contributed by atoms with E-state index in [1.807, 2.05) is 0 Å². The lowest BCUT2D eigenvalue weighted by molar-refractivity contribution is 0.231. The average molecular weight is 170 g/mol. The summed E-state index contributed by atoms with van der Waals surface area (Å²) < 4.78 is 0. The van der Waals surface area contributed by atoms with Crippen molar-refractivity contribution in [3.05, 3.63) is 0 Å². The van der Waals surface area contributed by atoms with E-state index in [4.69, 9.17) is 0 Å². The van der Waals surface area contributed by atoms with Gasteiger partial charge in [-0.25, -0.2) is 0 Å². The van der Waals surface area contributed by atoms with Crippen LogP contribution in [0.5, 0.6) is 0 Å². The Morgan fingerprint density at radius 1 is 1.00 bits per heavy atom. The van der Waals surface area contributed by atoms with Crippen LogP contribution < -0.4 is 0 Å². The molecule has 0 aromatic heterocycles. The average Bonchev–Trinajstić information content (AvgIpc) is 1.97. The summed E-state index contributed by atoms with van der Waals surface area (Å²) in [5, 5.41) is 0. The molecule has 0 N–H and O–H groups in total. The van der Waals surface area contributed by atoms with Gasteiger partial charge in [0.05, 0.1) is 0 Å². The van der Waals surface area contributed by atoms with Crippen molar-refractivity contribution in [2.24, 2.45) is 17.3 Å². The van der Waals surface area contributed by atoms with E-state index in [1.54, 1.807) is 0 Å². The molecule has 0 nitrogen and oxygen atoms in total. The summed E-state index contributed by atoms with van der Waals surface area (Å²) in [4.78, 5) is 0. The van der Waals surface area contributed by atoms with Gasteiger partial charge in [0.2, 0.25) is 0 Å². The third-order valence-corrected chi connectivity index (χ3v) is 3.27. The Balaban J connectivity index is 3.64. The van der Waals surface area contributed by atoms with Crippen LogP contribution >= 0.6 is 0 Å². The van der Waals surface area contributed by atoms with E-state index in [0.29, 0.717) is 5.41 Å². The van der Waals surface area contributed by atoms with Crippen molar-refractivity contribution in [3.63, 3.8) is 0 Å². The van der Waals surface area contributed by atoms with Gasteiger partial charge >= 0.3 is 0 Å². The molecule has 0 saturated heterocycles. The monoisotopic (exact) mass is 170 g/mol. The van der Waals surface area contributed by atoms with E-state index in [-0.39, 0.29) is 0 Å². The number of hydrogen-bond acceptors (Lipinski definition) is 0. The molecule has 2 atom stereocenters. The van der Waals surface area contributed by atoms with Crippen LogP contribution in [-0.4, -0.2) is 0 Å². The summed E-state index contributed by atoms with van der Waals surface area (Å²) in [7, 11) is 0. The number of hydrogen-bond donors (Lipinski definition) is 0. The maximum absolute atomic E-state index is 2.38. The second-order valence-electron chi connectivity index (χ2n) is 5.36. The summed E-state index contributed by atoms with van der Waals surface area (Å²) in [5.74, 6) is 1.77. The molecule has 74 valence electrons. The zero-order valence-electron chi connectivity index (χ0n) is 9.78. The molecular formula is C12H26. The van der Waals surface area contributed by atoms with Crippen molar-refractivity contribution in [2.75, 3.05) is 0 Å². The van der Waals surface area contributed by atoms with Crippen molar-refractivity contribution < 1.29 is 0 Å². The SMILES string of the molecule is CCC(C)CCC(C)C(C)(C)C. The lowest BCUT2D eigenvalue weighted by Crippen LogP contribution is -2.17. The van der Waals surface area contributed by atoms with Gasteiger partial charge in [-0.15, -0.1) is 0 Å². The van der Waals surface area contributed by atoms with E-state index in [0.717, 1.165) is 11.8 Å². The zero-order chi connectivity index (χ0) is 9.78. The van der Waals surface area contributed by atoms with E-state index in [9.17, 15) is 0 Å². The van der Waals surface area contributed by atoms with Crippen LogP contribution in [-0.2, 0) is 0 Å². The molecule has 0 radical (unpaired) electrons. The van der Waals surface area contributed by atoms with Gasteiger partial charge in [0.25, 0.3) is 0 Å². The van der Waals surface area contributed by atoms with E-state index >= 15 is 0 Å². The highest BCUT2D eigenvalue weighted by Crippen LogP contribution is 2.30. The molecule has 0 amide bonds. The van der Waals surface area contributed by atoms with Gasteiger partial charge in [-0.1, -0.05) is 54.4 Å². The van der Waals surface area contributed by atoms with Crippen LogP contribution in [0.4, 0.5) is 0 Å². The third kappa shape index (κ3) is 4.79. The van der Waals surface area contributed by atoms with Crippen LogP contribution in [0.1, 0.15) is 60.8 Å². The van der Waals surface area contributed by atoms with Gasteiger partial charge in [0.15, 0.2) is 0 Å². The van der Waals surface area contributed by atoms with Gasteiger partial charge in [-0.2, -0.15) is 0 Å². The van der Waals surface area contributed by atoms with Crippen LogP contribution in [0, 0.1) is 17.3 Å². The first kappa shape index (κ1) is 12.0. The van der Waals surface area contributed by atoms with Gasteiger partial charge in [0, 0.05) is 0 Å². The van der Waals surface area contributed by atoms with E-state index in [1.165, 1.54) is 19.3 Å². The lowest BCUT2D eigenvalue weighted by Gasteiger charge is -2.28. The Morgan fingerprint density at radius 2 is 1.50 bits per heavy atom. The van der Waals surface area contributed by atoms with Crippen molar-refractivity contribution in [1.82, 2.24) is 0 Å². The molecule has 0 rings (SSSR count). The normalized spacial score (nSPS) is 17.5. The number of rotatable bonds is 4. The quantitative estimate of drug-likeness (QED) is 0.583. The molecule has 0 saturated carbocycles. The van der Waals surface area contributed by atoms with Gasteiger partial charge in [-0.3, -0.25) is 0 Å². The molecule has 0 heterocycles. The first-order valence-corrected chi connectivity index (χ1v) is 5.38. The molecule has 0 aromatic carbocycles. The second kappa shape index (κ2) is 4.89. The maximum atomic E-state index is 2.38. The molecule has 0 heteroatoms. The Bertz CT molecular complexity index is 108. The molecule has 0 aliphatic rings. The third-order valence-electron chi connectivity index (χ3n) is 3.27. The van der Waals surface area contributed by atoms with E-state index < -0.39 is 0 Å². The maximum Gasteiger partial charge on any atom is -0.0357 e. The minimum absolute atomic E-state index is 0.494. The molecule has 0 spiro atoms. The smallest absolute Gasteiger partial charge is 0.0357 e. The second-order valence-corrected chi connectivity index (χ2v) is 5.36. The molecular weight excluding hydrogens is 144 g/mol. The predicted octanol–water partition coefficient (Wildman–Crippen LogP) is 4.49. The molecule has 0 aliphatic heterocycles. The molecule has 0 bridgehead atoms. The summed E-state index contributed by atoms with van der Waals surface area (Å²) in [5.41, 5.74) is 0.494. The molecule has 0 aliphatic carbocycles. The van der Waals surface area contributed by atoms with E-state index in [2.05, 4.69) is 41.5 Å². The van der Waals surface area contributed by atoms with Gasteiger partial charge in [-0.05, 0) is 23.7 Å². The molecule has 0 aromatic rings. The fraction of sp³-hybridized carbons (Fsp3) is 1.00. The summed E-state index contributed by atoms with van der Waals surface area (Å²) in [6.45, 7) is 14.0. The van der Waals surface area contributed by atoms with Crippen molar-refractivity contribution in [2.45, 2.75) is 60.8 Å². The van der Waals surface area contributed by atoms with Crippen LogP contribution in [0.2, 0.25) is 0 Å². The molecule has 2 unspecified atom stereocenters. The zero-order valence-corrected chi connectivity index (χ0v) is 9.78. The first-order valence-electron chi connectivity index (χ1n) is 5.38. The lowest BCUT2D eigenvalue weighted by atomic mass is 9.78. The largest absolute Gasteiger partial charge is 0.0651 e. The first-order chi connectivity index (χ1) is 5.38. The summed E-state index contributed by atoms with van der Waals surface area (Å²) in [6.07, 6.45) is 4.12. The molecule has 12 heavy (non-hydrogen) atoms.